The van der Waals surface area contributed by atoms with E-state index in [-0.39, 0.29) is 29.0 Å². The molecule has 1 saturated carbocycles. The lowest BCUT2D eigenvalue weighted by Gasteiger charge is -2.40. The smallest absolute Gasteiger partial charge is 0.255 e. The van der Waals surface area contributed by atoms with Crippen LogP contribution >= 0.6 is 0 Å². The molecule has 2 saturated heterocycles. The minimum Gasteiger partial charge on any atom is -0.393 e. The van der Waals surface area contributed by atoms with Crippen LogP contribution in [0.4, 0.5) is 5.95 Å². The molecule has 1 atom stereocenters. The Balaban J connectivity index is 1.31. The molecule has 2 N–H and O–H groups in total. The molecule has 2 aliphatic heterocycles. The number of nitrogens with zero attached hydrogens (tertiary/aromatic N) is 4. The van der Waals surface area contributed by atoms with Crippen molar-refractivity contribution in [2.24, 2.45) is 5.41 Å². The van der Waals surface area contributed by atoms with Crippen molar-refractivity contribution in [3.05, 3.63) is 41.1 Å². The van der Waals surface area contributed by atoms with Crippen molar-refractivity contribution in [3.8, 4) is 11.1 Å². The molecule has 5 rings (SSSR count). The minimum absolute atomic E-state index is 0.164. The first-order valence-electron chi connectivity index (χ1n) is 11.3. The number of nitrogens with one attached hydrogen (secondary N) is 1. The predicted octanol–water partition coefficient (Wildman–Crippen LogP) is 1.95. The Bertz CT molecular complexity index is 999. The monoisotopic (exact) mass is 423 g/mol. The van der Waals surface area contributed by atoms with E-state index < -0.39 is 0 Å². The second kappa shape index (κ2) is 8.07. The second-order valence-electron chi connectivity index (χ2n) is 9.20. The third-order valence-corrected chi connectivity index (χ3v) is 7.28. The molecule has 1 amide bonds. The van der Waals surface area contributed by atoms with Crippen molar-refractivity contribution in [3.63, 3.8) is 0 Å². The molecule has 4 heterocycles. The van der Waals surface area contributed by atoms with Crippen molar-refractivity contribution in [2.75, 3.05) is 24.5 Å². The van der Waals surface area contributed by atoms with E-state index in [1.807, 2.05) is 0 Å². The second-order valence-corrected chi connectivity index (χ2v) is 9.20. The van der Waals surface area contributed by atoms with Gasteiger partial charge in [-0.3, -0.25) is 9.59 Å². The summed E-state index contributed by atoms with van der Waals surface area (Å²) < 4.78 is 0. The Morgan fingerprint density at radius 3 is 2.58 bits per heavy atom. The molecule has 2 aromatic rings. The van der Waals surface area contributed by atoms with E-state index in [1.165, 1.54) is 0 Å². The summed E-state index contributed by atoms with van der Waals surface area (Å²) in [5, 5.41) is 9.80. The summed E-state index contributed by atoms with van der Waals surface area (Å²) in [6, 6.07) is 3.80. The average molecular weight is 424 g/mol. The van der Waals surface area contributed by atoms with Gasteiger partial charge in [-0.15, -0.1) is 0 Å². The van der Waals surface area contributed by atoms with Crippen molar-refractivity contribution < 1.29 is 9.90 Å². The highest BCUT2D eigenvalue weighted by Gasteiger charge is 2.50. The Labute approximate surface area is 181 Å². The number of aliphatic hydroxyl groups excluding tert-OH is 1. The maximum atomic E-state index is 13.5. The molecule has 8 nitrogen and oxygen atoms in total. The van der Waals surface area contributed by atoms with Crippen LogP contribution in [-0.4, -0.2) is 62.6 Å². The quantitative estimate of drug-likeness (QED) is 0.782. The summed E-state index contributed by atoms with van der Waals surface area (Å²) in [5.74, 6) is 0.883. The highest BCUT2D eigenvalue weighted by Crippen LogP contribution is 2.43. The number of hydrogen-bond donors (Lipinski definition) is 2. The third kappa shape index (κ3) is 3.73. The minimum atomic E-state index is -0.354. The van der Waals surface area contributed by atoms with Crippen LogP contribution < -0.4 is 10.5 Å². The van der Waals surface area contributed by atoms with E-state index in [0.717, 1.165) is 58.0 Å². The summed E-state index contributed by atoms with van der Waals surface area (Å²) >= 11 is 0. The highest BCUT2D eigenvalue weighted by atomic mass is 16.3. The molecule has 3 fully saturated rings. The number of anilines is 1. The highest BCUT2D eigenvalue weighted by molar-refractivity contribution is 5.86. The van der Waals surface area contributed by atoms with E-state index in [9.17, 15) is 14.7 Å². The first-order chi connectivity index (χ1) is 15.1. The van der Waals surface area contributed by atoms with Gasteiger partial charge in [0.25, 0.3) is 5.56 Å². The standard InChI is InChI=1S/C23H29N5O3/c29-18-6-4-17(5-7-18)28-12-9-23(21(28)31)8-2-11-27(15-23)22-25-13-16(14-26-22)19-3-1-10-24-20(19)30/h1,3,10,13-14,17-18,29H,2,4-9,11-12,15H2,(H,24,30)/t17?,18?,23-/m1/s1. The molecule has 0 unspecified atom stereocenters. The number of rotatable bonds is 3. The Morgan fingerprint density at radius 1 is 1.06 bits per heavy atom. The fourth-order valence-corrected chi connectivity index (χ4v) is 5.52. The van der Waals surface area contributed by atoms with Gasteiger partial charge in [0.2, 0.25) is 11.9 Å². The number of likely N-dealkylation sites (tertiary alicyclic amines) is 1. The molecular weight excluding hydrogens is 394 g/mol. The van der Waals surface area contributed by atoms with Gasteiger partial charge in [-0.1, -0.05) is 0 Å². The van der Waals surface area contributed by atoms with Crippen LogP contribution in [0.1, 0.15) is 44.9 Å². The zero-order chi connectivity index (χ0) is 21.4. The molecule has 2 aromatic heterocycles. The van der Waals surface area contributed by atoms with Gasteiger partial charge in [0.1, 0.15) is 0 Å². The van der Waals surface area contributed by atoms with Gasteiger partial charge in [0, 0.05) is 49.8 Å². The molecule has 3 aliphatic rings. The average Bonchev–Trinajstić information content (AvgIpc) is 3.10. The summed E-state index contributed by atoms with van der Waals surface area (Å²) in [6.07, 6.45) is 10.9. The zero-order valence-corrected chi connectivity index (χ0v) is 17.7. The van der Waals surface area contributed by atoms with Gasteiger partial charge in [-0.25, -0.2) is 9.97 Å². The lowest BCUT2D eigenvalue weighted by atomic mass is 9.78. The molecule has 0 radical (unpaired) electrons. The van der Waals surface area contributed by atoms with Gasteiger partial charge in [0.05, 0.1) is 17.1 Å². The summed E-state index contributed by atoms with van der Waals surface area (Å²) in [4.78, 5) is 41.4. The van der Waals surface area contributed by atoms with Gasteiger partial charge >= 0.3 is 0 Å². The van der Waals surface area contributed by atoms with Gasteiger partial charge < -0.3 is 19.9 Å². The Hall–Kier alpha value is -2.74. The van der Waals surface area contributed by atoms with Crippen LogP contribution in [0.5, 0.6) is 0 Å². The van der Waals surface area contributed by atoms with Crippen molar-refractivity contribution in [1.82, 2.24) is 19.9 Å². The first-order valence-corrected chi connectivity index (χ1v) is 11.3. The van der Waals surface area contributed by atoms with E-state index in [4.69, 9.17) is 0 Å². The summed E-state index contributed by atoms with van der Waals surface area (Å²) in [7, 11) is 0. The summed E-state index contributed by atoms with van der Waals surface area (Å²) in [5.41, 5.74) is 0.707. The SMILES string of the molecule is O=C1N(C2CCC(O)CC2)CC[C@@]12CCCN(c1ncc(-c3ccc[nH]c3=O)cn1)C2. The zero-order valence-electron chi connectivity index (χ0n) is 17.7. The molecule has 164 valence electrons. The number of amides is 1. The normalized spacial score (nSPS) is 29.0. The molecule has 0 bridgehead atoms. The van der Waals surface area contributed by atoms with Crippen molar-refractivity contribution >= 4 is 11.9 Å². The molecule has 8 heteroatoms. The van der Waals surface area contributed by atoms with Gasteiger partial charge in [-0.05, 0) is 57.1 Å². The number of piperidine rings is 1. The van der Waals surface area contributed by atoms with E-state index in [2.05, 4.69) is 24.8 Å². The van der Waals surface area contributed by atoms with Gasteiger partial charge in [0.15, 0.2) is 0 Å². The van der Waals surface area contributed by atoms with Crippen LogP contribution in [0.15, 0.2) is 35.5 Å². The van der Waals surface area contributed by atoms with Crippen LogP contribution in [-0.2, 0) is 4.79 Å². The maximum Gasteiger partial charge on any atom is 0.255 e. The molecule has 1 spiro atoms. The number of H-pyrrole nitrogens is 1. The number of hydrogen-bond acceptors (Lipinski definition) is 6. The number of carbonyl (C=O) groups is 1. The van der Waals surface area contributed by atoms with Crippen LogP contribution in [0.3, 0.4) is 0 Å². The fourth-order valence-electron chi connectivity index (χ4n) is 5.52. The van der Waals surface area contributed by atoms with Gasteiger partial charge in [-0.2, -0.15) is 0 Å². The summed E-state index contributed by atoms with van der Waals surface area (Å²) in [6.45, 7) is 2.28. The fraction of sp³-hybridized carbons (Fsp3) is 0.565. The van der Waals surface area contributed by atoms with E-state index >= 15 is 0 Å². The Kier molecular flexibility index (Phi) is 5.25. The maximum absolute atomic E-state index is 13.5. The van der Waals surface area contributed by atoms with Crippen LogP contribution in [0.25, 0.3) is 11.1 Å². The molecular formula is C23H29N5O3. The molecule has 0 aromatic carbocycles. The van der Waals surface area contributed by atoms with E-state index in [0.29, 0.717) is 23.6 Å². The largest absolute Gasteiger partial charge is 0.393 e. The first kappa shape index (κ1) is 20.2. The topological polar surface area (TPSA) is 102 Å². The lowest BCUT2D eigenvalue weighted by Crippen LogP contribution is -2.50. The number of aromatic nitrogens is 3. The number of aliphatic hydroxyl groups is 1. The van der Waals surface area contributed by atoms with Crippen molar-refractivity contribution in [2.45, 2.75) is 57.1 Å². The van der Waals surface area contributed by atoms with Crippen LogP contribution in [0.2, 0.25) is 0 Å². The van der Waals surface area contributed by atoms with Crippen molar-refractivity contribution in [1.29, 1.82) is 0 Å². The lowest BCUT2D eigenvalue weighted by molar-refractivity contribution is -0.139. The van der Waals surface area contributed by atoms with Crippen LogP contribution in [0, 0.1) is 5.41 Å². The third-order valence-electron chi connectivity index (χ3n) is 7.28. The number of pyridine rings is 1. The number of carbonyl (C=O) groups excluding carboxylic acids is 1. The van der Waals surface area contributed by atoms with E-state index in [1.54, 1.807) is 30.7 Å². The number of aromatic amines is 1. The predicted molar refractivity (Wildman–Crippen MR) is 117 cm³/mol. The molecule has 1 aliphatic carbocycles. The molecule has 31 heavy (non-hydrogen) atoms. The Morgan fingerprint density at radius 2 is 1.84 bits per heavy atom.